The molecular formula is C50H28S2. The first-order valence-electron chi connectivity index (χ1n) is 17.8. The van der Waals surface area contributed by atoms with E-state index in [-0.39, 0.29) is 0 Å². The lowest BCUT2D eigenvalue weighted by Crippen LogP contribution is -1.85. The summed E-state index contributed by atoms with van der Waals surface area (Å²) in [7, 11) is 0. The van der Waals surface area contributed by atoms with Gasteiger partial charge in [0.2, 0.25) is 0 Å². The number of benzene rings is 10. The third-order valence-corrected chi connectivity index (χ3v) is 13.4. The Kier molecular flexibility index (Phi) is 5.90. The lowest BCUT2D eigenvalue weighted by atomic mass is 9.91. The molecule has 0 N–H and O–H groups in total. The SMILES string of the molecule is c1ccc2c(-c3ccc4sc5cc6cc7sc8ccc(-c9c%10ccccc%10cc%10ccccc9%10)cc8c7cc6cc5c4c3)c3ccccc3cc2c1. The Morgan fingerprint density at radius 1 is 0.231 bits per heavy atom. The summed E-state index contributed by atoms with van der Waals surface area (Å²) in [5, 5.41) is 18.2. The highest BCUT2D eigenvalue weighted by Gasteiger charge is 2.16. The van der Waals surface area contributed by atoms with Gasteiger partial charge in [-0.15, -0.1) is 22.7 Å². The molecule has 12 rings (SSSR count). The predicted octanol–water partition coefficient (Wildman–Crippen LogP) is 15.5. The summed E-state index contributed by atoms with van der Waals surface area (Å²) in [4.78, 5) is 0. The average Bonchev–Trinajstić information content (AvgIpc) is 3.73. The lowest BCUT2D eigenvalue weighted by molar-refractivity contribution is 1.72. The molecule has 0 radical (unpaired) electrons. The summed E-state index contributed by atoms with van der Waals surface area (Å²) >= 11 is 3.81. The fourth-order valence-electron chi connectivity index (χ4n) is 8.75. The molecule has 2 heterocycles. The van der Waals surface area contributed by atoms with Gasteiger partial charge in [0.15, 0.2) is 0 Å². The molecular weight excluding hydrogens is 665 g/mol. The van der Waals surface area contributed by atoms with Crippen molar-refractivity contribution in [2.75, 3.05) is 0 Å². The molecule has 0 atom stereocenters. The monoisotopic (exact) mass is 692 g/mol. The maximum absolute atomic E-state index is 2.44. The molecule has 0 spiro atoms. The second kappa shape index (κ2) is 10.7. The van der Waals surface area contributed by atoms with Crippen molar-refractivity contribution < 1.29 is 0 Å². The molecule has 0 saturated carbocycles. The van der Waals surface area contributed by atoms with Gasteiger partial charge in [0.1, 0.15) is 0 Å². The van der Waals surface area contributed by atoms with Crippen molar-refractivity contribution in [3.05, 3.63) is 170 Å². The second-order valence-electron chi connectivity index (χ2n) is 14.1. The van der Waals surface area contributed by atoms with Crippen molar-refractivity contribution in [1.82, 2.24) is 0 Å². The van der Waals surface area contributed by atoms with Crippen LogP contribution in [0.3, 0.4) is 0 Å². The van der Waals surface area contributed by atoms with E-state index in [0.29, 0.717) is 0 Å². The smallest absolute Gasteiger partial charge is 0.0361 e. The van der Waals surface area contributed by atoms with E-state index in [1.165, 1.54) is 116 Å². The van der Waals surface area contributed by atoms with Gasteiger partial charge >= 0.3 is 0 Å². The standard InChI is InChI=1S/C50H28S2/c1-5-13-37-29(9-1)21-30-10-2-6-14-38(30)49(37)33-17-19-45-41(23-33)43-25-35-26-44-42-24-34(18-20-46(42)52-48(44)28-36(35)27-47(43)51-45)50-39-15-7-3-11-31(39)22-32-12-4-8-16-40(32)50/h1-28H. The van der Waals surface area contributed by atoms with Crippen molar-refractivity contribution in [3.63, 3.8) is 0 Å². The van der Waals surface area contributed by atoms with Gasteiger partial charge in [0, 0.05) is 40.3 Å². The second-order valence-corrected chi connectivity index (χ2v) is 16.2. The van der Waals surface area contributed by atoms with Gasteiger partial charge in [-0.05, 0) is 137 Å². The van der Waals surface area contributed by atoms with Crippen molar-refractivity contribution in [3.8, 4) is 22.3 Å². The molecule has 0 amide bonds. The molecule has 0 aliphatic heterocycles. The summed E-state index contributed by atoms with van der Waals surface area (Å²) in [6, 6.07) is 63.8. The van der Waals surface area contributed by atoms with Crippen molar-refractivity contribution >= 4 is 117 Å². The Hall–Kier alpha value is -6.06. The first kappa shape index (κ1) is 28.6. The highest BCUT2D eigenvalue weighted by Crippen LogP contribution is 2.45. The van der Waals surface area contributed by atoms with E-state index in [1.54, 1.807) is 0 Å². The average molecular weight is 693 g/mol. The number of fused-ring (bicyclic) bond motifs is 11. The van der Waals surface area contributed by atoms with Gasteiger partial charge in [-0.3, -0.25) is 0 Å². The van der Waals surface area contributed by atoms with Crippen LogP contribution in [0.25, 0.3) is 116 Å². The summed E-state index contributed by atoms with van der Waals surface area (Å²) in [6.45, 7) is 0. The minimum atomic E-state index is 1.27. The van der Waals surface area contributed by atoms with E-state index in [9.17, 15) is 0 Å². The topological polar surface area (TPSA) is 0 Å². The van der Waals surface area contributed by atoms with E-state index >= 15 is 0 Å². The summed E-state index contributed by atoms with van der Waals surface area (Å²) in [5.41, 5.74) is 5.18. The third kappa shape index (κ3) is 4.14. The molecule has 0 fully saturated rings. The zero-order valence-electron chi connectivity index (χ0n) is 28.0. The highest BCUT2D eigenvalue weighted by molar-refractivity contribution is 7.26. The van der Waals surface area contributed by atoms with E-state index in [0.717, 1.165) is 0 Å². The van der Waals surface area contributed by atoms with Crippen LogP contribution < -0.4 is 0 Å². The molecule has 52 heavy (non-hydrogen) atoms. The van der Waals surface area contributed by atoms with Crippen LogP contribution >= 0.6 is 22.7 Å². The quantitative estimate of drug-likeness (QED) is 0.158. The fraction of sp³-hybridized carbons (Fsp3) is 0. The number of hydrogen-bond donors (Lipinski definition) is 0. The number of hydrogen-bond acceptors (Lipinski definition) is 2. The molecule has 0 bridgehead atoms. The van der Waals surface area contributed by atoms with Crippen LogP contribution in [0.1, 0.15) is 0 Å². The largest absolute Gasteiger partial charge is 0.135 e. The Balaban J connectivity index is 1.07. The van der Waals surface area contributed by atoms with E-state index in [4.69, 9.17) is 0 Å². The Morgan fingerprint density at radius 2 is 0.577 bits per heavy atom. The summed E-state index contributed by atoms with van der Waals surface area (Å²) in [6.07, 6.45) is 0. The maximum Gasteiger partial charge on any atom is 0.0361 e. The van der Waals surface area contributed by atoms with Gasteiger partial charge in [-0.1, -0.05) is 109 Å². The molecule has 2 aromatic heterocycles. The summed E-state index contributed by atoms with van der Waals surface area (Å²) in [5.74, 6) is 0. The van der Waals surface area contributed by atoms with Crippen LogP contribution in [0.5, 0.6) is 0 Å². The Bertz CT molecular complexity index is 3130. The highest BCUT2D eigenvalue weighted by atomic mass is 32.1. The number of rotatable bonds is 2. The minimum absolute atomic E-state index is 1.27. The normalized spacial score (nSPS) is 12.2. The van der Waals surface area contributed by atoms with E-state index < -0.39 is 0 Å². The molecule has 0 saturated heterocycles. The van der Waals surface area contributed by atoms with Crippen LogP contribution in [0.2, 0.25) is 0 Å². The van der Waals surface area contributed by atoms with Crippen LogP contribution in [-0.4, -0.2) is 0 Å². The van der Waals surface area contributed by atoms with E-state index in [1.807, 2.05) is 22.7 Å². The predicted molar refractivity (Wildman–Crippen MR) is 231 cm³/mol. The van der Waals surface area contributed by atoms with Crippen LogP contribution in [0.15, 0.2) is 170 Å². The molecule has 12 aromatic rings. The molecule has 0 aliphatic carbocycles. The van der Waals surface area contributed by atoms with Gasteiger partial charge in [-0.2, -0.15) is 0 Å². The molecule has 0 nitrogen and oxygen atoms in total. The van der Waals surface area contributed by atoms with Gasteiger partial charge < -0.3 is 0 Å². The molecule has 2 heteroatoms. The molecule has 10 aromatic carbocycles. The maximum atomic E-state index is 2.44. The fourth-order valence-corrected chi connectivity index (χ4v) is 11.0. The zero-order chi connectivity index (χ0) is 33.9. The number of thiophene rings is 2. The Morgan fingerprint density at radius 3 is 0.981 bits per heavy atom. The zero-order valence-corrected chi connectivity index (χ0v) is 29.6. The van der Waals surface area contributed by atoms with Gasteiger partial charge in [0.05, 0.1) is 0 Å². The minimum Gasteiger partial charge on any atom is -0.135 e. The molecule has 0 aliphatic rings. The first-order chi connectivity index (χ1) is 25.7. The van der Waals surface area contributed by atoms with E-state index in [2.05, 4.69) is 170 Å². The first-order valence-corrected chi connectivity index (χ1v) is 19.4. The van der Waals surface area contributed by atoms with Gasteiger partial charge in [-0.25, -0.2) is 0 Å². The molecule has 0 unspecified atom stereocenters. The molecule has 240 valence electrons. The van der Waals surface area contributed by atoms with Crippen molar-refractivity contribution in [1.29, 1.82) is 0 Å². The van der Waals surface area contributed by atoms with Crippen LogP contribution in [0.4, 0.5) is 0 Å². The van der Waals surface area contributed by atoms with Gasteiger partial charge in [0.25, 0.3) is 0 Å². The lowest BCUT2D eigenvalue weighted by Gasteiger charge is -2.12. The van der Waals surface area contributed by atoms with Crippen LogP contribution in [-0.2, 0) is 0 Å². The van der Waals surface area contributed by atoms with Crippen molar-refractivity contribution in [2.45, 2.75) is 0 Å². The third-order valence-electron chi connectivity index (χ3n) is 11.1. The van der Waals surface area contributed by atoms with Crippen LogP contribution in [0, 0.1) is 0 Å². The Labute approximate surface area is 307 Å². The van der Waals surface area contributed by atoms with Crippen molar-refractivity contribution in [2.24, 2.45) is 0 Å². The summed E-state index contributed by atoms with van der Waals surface area (Å²) < 4.78 is 5.34.